The number of amides is 1. The molecule has 2 saturated heterocycles. The zero-order valence-electron chi connectivity index (χ0n) is 15.0. The lowest BCUT2D eigenvalue weighted by Crippen LogP contribution is -2.46. The number of nitrogens with zero attached hydrogens (tertiary/aromatic N) is 1. The van der Waals surface area contributed by atoms with Crippen LogP contribution >= 0.6 is 0 Å². The Balaban J connectivity index is 1.58. The molecule has 2 heterocycles. The standard InChI is InChI=1S/C21H17NO6/c1-7-11-14-8(5-6-22-16(14)20(19(11)26)28-21(22)27)15-12(7)18(25)13-9(17(15)24)3-2-4-10(13)23/h2-4,7-8,16,19-20,23,26H,5-6H2,1H3. The van der Waals surface area contributed by atoms with Crippen molar-refractivity contribution in [1.82, 2.24) is 4.90 Å². The minimum atomic E-state index is -0.993. The van der Waals surface area contributed by atoms with Crippen LogP contribution in [0.1, 0.15) is 34.1 Å². The number of hydrogen-bond acceptors (Lipinski definition) is 6. The number of aliphatic hydroxyl groups is 1. The van der Waals surface area contributed by atoms with E-state index in [0.717, 1.165) is 5.57 Å². The van der Waals surface area contributed by atoms with Crippen LogP contribution in [0.15, 0.2) is 40.5 Å². The molecule has 1 aromatic carbocycles. The molecule has 2 aliphatic heterocycles. The molecule has 5 aliphatic rings. The van der Waals surface area contributed by atoms with Gasteiger partial charge in [-0.25, -0.2) is 4.79 Å². The first-order chi connectivity index (χ1) is 13.4. The third kappa shape index (κ3) is 1.59. The fourth-order valence-corrected chi connectivity index (χ4v) is 5.93. The molecule has 0 saturated carbocycles. The second-order valence-electron chi connectivity index (χ2n) is 8.09. The maximum Gasteiger partial charge on any atom is 0.410 e. The van der Waals surface area contributed by atoms with E-state index in [0.29, 0.717) is 29.7 Å². The molecule has 0 bridgehead atoms. The second-order valence-corrected chi connectivity index (χ2v) is 8.09. The summed E-state index contributed by atoms with van der Waals surface area (Å²) in [4.78, 5) is 40.5. The Labute approximate surface area is 159 Å². The van der Waals surface area contributed by atoms with E-state index in [1.165, 1.54) is 6.07 Å². The quantitative estimate of drug-likeness (QED) is 0.664. The van der Waals surface area contributed by atoms with E-state index in [1.807, 2.05) is 0 Å². The highest BCUT2D eigenvalue weighted by molar-refractivity contribution is 6.28. The maximum absolute atomic E-state index is 13.4. The number of aromatic hydroxyl groups is 1. The van der Waals surface area contributed by atoms with Gasteiger partial charge in [-0.2, -0.15) is 0 Å². The number of ether oxygens (including phenoxy) is 1. The van der Waals surface area contributed by atoms with Gasteiger partial charge in [0.25, 0.3) is 0 Å². The molecular formula is C21H17NO6. The van der Waals surface area contributed by atoms with Crippen molar-refractivity contribution in [3.05, 3.63) is 51.6 Å². The smallest absolute Gasteiger partial charge is 0.410 e. The predicted molar refractivity (Wildman–Crippen MR) is 94.9 cm³/mol. The molecule has 28 heavy (non-hydrogen) atoms. The van der Waals surface area contributed by atoms with Crippen LogP contribution in [0, 0.1) is 11.8 Å². The monoisotopic (exact) mass is 379 g/mol. The van der Waals surface area contributed by atoms with Gasteiger partial charge in [0.1, 0.15) is 11.9 Å². The Morgan fingerprint density at radius 2 is 1.89 bits per heavy atom. The number of carbonyl (C=O) groups is 3. The van der Waals surface area contributed by atoms with Crippen molar-refractivity contribution in [2.45, 2.75) is 31.6 Å². The van der Waals surface area contributed by atoms with E-state index in [1.54, 1.807) is 24.0 Å². The number of fused-ring (bicyclic) bond motifs is 2. The molecule has 142 valence electrons. The van der Waals surface area contributed by atoms with Crippen molar-refractivity contribution < 1.29 is 29.3 Å². The van der Waals surface area contributed by atoms with Crippen LogP contribution in [-0.2, 0) is 4.74 Å². The van der Waals surface area contributed by atoms with Crippen LogP contribution in [-0.4, -0.2) is 57.6 Å². The maximum atomic E-state index is 13.4. The number of piperidine rings is 1. The van der Waals surface area contributed by atoms with Gasteiger partial charge >= 0.3 is 6.09 Å². The van der Waals surface area contributed by atoms with Gasteiger partial charge in [0.05, 0.1) is 11.6 Å². The summed E-state index contributed by atoms with van der Waals surface area (Å²) in [5.41, 5.74) is 2.64. The van der Waals surface area contributed by atoms with Gasteiger partial charge in [0.15, 0.2) is 17.7 Å². The summed E-state index contributed by atoms with van der Waals surface area (Å²) in [6.07, 6.45) is -1.62. The normalized spacial score (nSPS) is 35.1. The first-order valence-corrected chi connectivity index (χ1v) is 9.46. The summed E-state index contributed by atoms with van der Waals surface area (Å²) in [6.45, 7) is 2.21. The lowest BCUT2D eigenvalue weighted by atomic mass is 9.64. The highest BCUT2D eigenvalue weighted by Crippen LogP contribution is 2.56. The molecule has 0 radical (unpaired) electrons. The minimum absolute atomic E-state index is 0.0405. The van der Waals surface area contributed by atoms with Crippen LogP contribution < -0.4 is 0 Å². The molecule has 1 amide bonds. The predicted octanol–water partition coefficient (Wildman–Crippen LogP) is 1.60. The van der Waals surface area contributed by atoms with Crippen molar-refractivity contribution in [2.24, 2.45) is 11.8 Å². The van der Waals surface area contributed by atoms with E-state index in [-0.39, 0.29) is 40.4 Å². The summed E-state index contributed by atoms with van der Waals surface area (Å²) in [7, 11) is 0. The van der Waals surface area contributed by atoms with E-state index in [9.17, 15) is 24.6 Å². The fraction of sp³-hybridized carbons (Fsp3) is 0.381. The Bertz CT molecular complexity index is 1080. The molecule has 0 spiro atoms. The number of phenols is 1. The number of allylic oxidation sites excluding steroid dienone is 2. The van der Waals surface area contributed by atoms with Gasteiger partial charge in [-0.3, -0.25) is 14.5 Å². The zero-order valence-corrected chi connectivity index (χ0v) is 15.0. The van der Waals surface area contributed by atoms with Crippen molar-refractivity contribution in [3.63, 3.8) is 0 Å². The highest BCUT2D eigenvalue weighted by Gasteiger charge is 2.61. The molecule has 2 N–H and O–H groups in total. The Kier molecular flexibility index (Phi) is 2.82. The van der Waals surface area contributed by atoms with Gasteiger partial charge in [-0.15, -0.1) is 0 Å². The summed E-state index contributed by atoms with van der Waals surface area (Å²) in [5.74, 6) is -1.61. The zero-order chi connectivity index (χ0) is 19.5. The van der Waals surface area contributed by atoms with Crippen LogP contribution in [0.4, 0.5) is 4.79 Å². The van der Waals surface area contributed by atoms with Gasteiger partial charge in [-0.1, -0.05) is 19.1 Å². The first kappa shape index (κ1) is 16.1. The third-order valence-electron chi connectivity index (χ3n) is 6.98. The summed E-state index contributed by atoms with van der Waals surface area (Å²) in [6, 6.07) is 4.15. The molecule has 3 aliphatic carbocycles. The number of benzene rings is 1. The van der Waals surface area contributed by atoms with Crippen LogP contribution in [0.5, 0.6) is 5.75 Å². The first-order valence-electron chi connectivity index (χ1n) is 9.46. The number of hydrogen-bond donors (Lipinski definition) is 2. The topological polar surface area (TPSA) is 104 Å². The molecule has 1 aromatic rings. The molecule has 7 heteroatoms. The number of rotatable bonds is 0. The van der Waals surface area contributed by atoms with Gasteiger partial charge in [0.2, 0.25) is 0 Å². The van der Waals surface area contributed by atoms with Gasteiger partial charge in [0, 0.05) is 35.1 Å². The van der Waals surface area contributed by atoms with Crippen LogP contribution in [0.3, 0.4) is 0 Å². The molecule has 5 unspecified atom stereocenters. The fourth-order valence-electron chi connectivity index (χ4n) is 5.93. The number of carbonyl (C=O) groups excluding carboxylic acids is 3. The molecule has 0 aromatic heterocycles. The van der Waals surface area contributed by atoms with E-state index < -0.39 is 24.2 Å². The SMILES string of the molecule is CC1C2=C(C(=O)c3cccc(O)c3C2=O)C2CCN3C(=O)OC4C(O)C1=C2C43. The number of Topliss-reactive ketones (excluding diaryl/α,β-unsaturated/α-hetero) is 2. The number of phenolic OH excluding ortho intramolecular Hbond substituents is 1. The van der Waals surface area contributed by atoms with Gasteiger partial charge < -0.3 is 14.9 Å². The van der Waals surface area contributed by atoms with Crippen molar-refractivity contribution in [2.75, 3.05) is 6.54 Å². The van der Waals surface area contributed by atoms with Crippen molar-refractivity contribution in [3.8, 4) is 5.75 Å². The number of ketones is 2. The van der Waals surface area contributed by atoms with E-state index in [4.69, 9.17) is 4.74 Å². The van der Waals surface area contributed by atoms with E-state index >= 15 is 0 Å². The summed E-state index contributed by atoms with van der Waals surface area (Å²) >= 11 is 0. The van der Waals surface area contributed by atoms with Crippen LogP contribution in [0.2, 0.25) is 0 Å². The lowest BCUT2D eigenvalue weighted by Gasteiger charge is -2.42. The summed E-state index contributed by atoms with van der Waals surface area (Å²) < 4.78 is 5.42. The molecule has 6 rings (SSSR count). The average molecular weight is 379 g/mol. The summed E-state index contributed by atoms with van der Waals surface area (Å²) in [5, 5.41) is 21.1. The lowest BCUT2D eigenvalue weighted by molar-refractivity contribution is 0.0504. The highest BCUT2D eigenvalue weighted by atomic mass is 16.6. The van der Waals surface area contributed by atoms with E-state index in [2.05, 4.69) is 0 Å². The minimum Gasteiger partial charge on any atom is -0.507 e. The molecule has 2 fully saturated rings. The molecular weight excluding hydrogens is 362 g/mol. The third-order valence-corrected chi connectivity index (χ3v) is 6.98. The molecule has 7 nitrogen and oxygen atoms in total. The largest absolute Gasteiger partial charge is 0.507 e. The Morgan fingerprint density at radius 3 is 2.68 bits per heavy atom. The van der Waals surface area contributed by atoms with Crippen molar-refractivity contribution >= 4 is 17.7 Å². The van der Waals surface area contributed by atoms with Crippen molar-refractivity contribution in [1.29, 1.82) is 0 Å². The molecule has 5 atom stereocenters. The Hall–Kier alpha value is -2.93. The van der Waals surface area contributed by atoms with Crippen LogP contribution in [0.25, 0.3) is 0 Å². The number of aliphatic hydroxyl groups excluding tert-OH is 1. The average Bonchev–Trinajstić information content (AvgIpc) is 3.15. The van der Waals surface area contributed by atoms with Gasteiger partial charge in [-0.05, 0) is 23.6 Å². The second kappa shape index (κ2) is 4.91. The Morgan fingerprint density at radius 1 is 1.11 bits per heavy atom.